The lowest BCUT2D eigenvalue weighted by Gasteiger charge is -2.29. The highest BCUT2D eigenvalue weighted by atomic mass is 79.9. The fraction of sp³-hybridized carbons (Fsp3) is 0.538. The zero-order valence-corrected chi connectivity index (χ0v) is 17.3. The first-order valence-electron chi connectivity index (χ1n) is 7.03. The largest absolute Gasteiger partial charge is 0.394 e. The Morgan fingerprint density at radius 1 is 1.33 bits per heavy atom. The van der Waals surface area contributed by atoms with E-state index in [0.29, 0.717) is 8.95 Å². The van der Waals surface area contributed by atoms with Gasteiger partial charge < -0.3 is 10.2 Å². The molecule has 0 unspecified atom stereocenters. The lowest BCUT2D eigenvalue weighted by molar-refractivity contribution is 0.0730. The van der Waals surface area contributed by atoms with E-state index in [9.17, 15) is 21.9 Å². The van der Waals surface area contributed by atoms with Crippen LogP contribution in [0, 0.1) is 0 Å². The van der Waals surface area contributed by atoms with Crippen LogP contribution in [0.3, 0.4) is 0 Å². The molecule has 1 fully saturated rings. The second-order valence-electron chi connectivity index (χ2n) is 5.54. The zero-order chi connectivity index (χ0) is 18.1. The van der Waals surface area contributed by atoms with Crippen LogP contribution in [-0.2, 0) is 19.9 Å². The number of halogens is 2. The monoisotopic (exact) mass is 505 g/mol. The molecule has 2 N–H and O–H groups in total. The van der Waals surface area contributed by atoms with Gasteiger partial charge in [-0.1, -0.05) is 15.9 Å². The lowest BCUT2D eigenvalue weighted by atomic mass is 10.2. The molecule has 24 heavy (non-hydrogen) atoms. The van der Waals surface area contributed by atoms with Crippen molar-refractivity contribution in [3.05, 3.63) is 27.1 Å². The summed E-state index contributed by atoms with van der Waals surface area (Å²) in [4.78, 5) is -0.0358. The summed E-state index contributed by atoms with van der Waals surface area (Å²) in [6.45, 7) is -0.997. The molecule has 1 aliphatic heterocycles. The highest BCUT2D eigenvalue weighted by molar-refractivity contribution is 9.11. The highest BCUT2D eigenvalue weighted by Gasteiger charge is 2.40. The Balaban J connectivity index is 2.47. The number of sulfone groups is 1. The van der Waals surface area contributed by atoms with Crippen molar-refractivity contribution in [1.82, 2.24) is 4.31 Å². The summed E-state index contributed by atoms with van der Waals surface area (Å²) in [5, 5.41) is 18.8. The van der Waals surface area contributed by atoms with Gasteiger partial charge in [-0.15, -0.1) is 0 Å². The number of nitrogens with zero attached hydrogens (tertiary/aromatic N) is 1. The van der Waals surface area contributed by atoms with Gasteiger partial charge in [0.05, 0.1) is 29.1 Å². The van der Waals surface area contributed by atoms with E-state index in [2.05, 4.69) is 31.9 Å². The summed E-state index contributed by atoms with van der Waals surface area (Å²) in [6.07, 6.45) is -1.14. The van der Waals surface area contributed by atoms with Crippen LogP contribution in [0.25, 0.3) is 0 Å². The van der Waals surface area contributed by atoms with Gasteiger partial charge in [0.2, 0.25) is 10.0 Å². The third-order valence-corrected chi connectivity index (χ3v) is 8.85. The topological polar surface area (TPSA) is 112 Å². The second kappa shape index (κ2) is 7.68. The number of benzene rings is 1. The minimum atomic E-state index is -4.07. The van der Waals surface area contributed by atoms with Crippen LogP contribution in [0.5, 0.6) is 0 Å². The normalized spacial score (nSPS) is 22.0. The molecule has 1 heterocycles. The Kier molecular flexibility index (Phi) is 6.49. The average Bonchev–Trinajstić information content (AvgIpc) is 2.86. The van der Waals surface area contributed by atoms with Gasteiger partial charge in [0.1, 0.15) is 0 Å². The summed E-state index contributed by atoms with van der Waals surface area (Å²) in [5.74, 6) is -0.394. The molecular weight excluding hydrogens is 490 g/mol. The van der Waals surface area contributed by atoms with Crippen LogP contribution < -0.4 is 0 Å². The number of hydrogen-bond acceptors (Lipinski definition) is 6. The second-order valence-corrected chi connectivity index (χ2v) is 11.4. The summed E-state index contributed by atoms with van der Waals surface area (Å²) in [7, 11) is -7.39. The molecule has 0 bridgehead atoms. The molecule has 2 atom stereocenters. The molecule has 2 rings (SSSR count). The third-order valence-electron chi connectivity index (χ3n) is 3.70. The molecule has 0 aliphatic carbocycles. The van der Waals surface area contributed by atoms with Crippen molar-refractivity contribution in [3.8, 4) is 0 Å². The van der Waals surface area contributed by atoms with Crippen LogP contribution in [0.2, 0.25) is 0 Å². The van der Waals surface area contributed by atoms with Crippen LogP contribution in [-0.4, -0.2) is 68.2 Å². The maximum atomic E-state index is 13.0. The van der Waals surface area contributed by atoms with E-state index in [0.717, 1.165) is 4.31 Å². The van der Waals surface area contributed by atoms with Crippen molar-refractivity contribution >= 4 is 51.7 Å². The highest BCUT2D eigenvalue weighted by Crippen LogP contribution is 2.31. The van der Waals surface area contributed by atoms with Gasteiger partial charge >= 0.3 is 0 Å². The Morgan fingerprint density at radius 2 is 2.00 bits per heavy atom. The van der Waals surface area contributed by atoms with E-state index in [4.69, 9.17) is 5.11 Å². The molecule has 11 heteroatoms. The summed E-state index contributed by atoms with van der Waals surface area (Å²) < 4.78 is 51.4. The number of rotatable bonds is 6. The van der Waals surface area contributed by atoms with E-state index in [1.54, 1.807) is 12.1 Å². The fourth-order valence-corrected chi connectivity index (χ4v) is 7.49. The summed E-state index contributed by atoms with van der Waals surface area (Å²) in [6, 6.07) is 3.85. The van der Waals surface area contributed by atoms with Gasteiger partial charge in [-0.05, 0) is 40.5 Å². The minimum absolute atomic E-state index is 0.0358. The number of sulfonamides is 1. The molecule has 0 radical (unpaired) electrons. The van der Waals surface area contributed by atoms with Crippen molar-refractivity contribution in [2.24, 2.45) is 0 Å². The Hall–Kier alpha value is -0.0400. The molecule has 0 amide bonds. The van der Waals surface area contributed by atoms with E-state index in [-0.39, 0.29) is 29.4 Å². The zero-order valence-electron chi connectivity index (χ0n) is 12.5. The molecule has 0 spiro atoms. The fourth-order valence-electron chi connectivity index (χ4n) is 2.51. The van der Waals surface area contributed by atoms with E-state index in [1.165, 1.54) is 6.07 Å². The maximum Gasteiger partial charge on any atom is 0.244 e. The van der Waals surface area contributed by atoms with Gasteiger partial charge in [-0.2, -0.15) is 4.31 Å². The molecule has 1 saturated heterocycles. The molecule has 1 aromatic carbocycles. The molecule has 7 nitrogen and oxygen atoms in total. The van der Waals surface area contributed by atoms with Gasteiger partial charge in [0.25, 0.3) is 0 Å². The van der Waals surface area contributed by atoms with Crippen molar-refractivity contribution < 1.29 is 27.0 Å². The van der Waals surface area contributed by atoms with Crippen molar-refractivity contribution in [2.45, 2.75) is 23.5 Å². The Labute approximate surface area is 157 Å². The molecule has 0 aromatic heterocycles. The predicted octanol–water partition coefficient (Wildman–Crippen LogP) is 0.743. The van der Waals surface area contributed by atoms with Crippen molar-refractivity contribution in [3.63, 3.8) is 0 Å². The maximum absolute atomic E-state index is 13.0. The molecule has 136 valence electrons. The van der Waals surface area contributed by atoms with Crippen LogP contribution in [0.1, 0.15) is 6.42 Å². The Morgan fingerprint density at radius 3 is 2.54 bits per heavy atom. The number of hydrogen-bond donors (Lipinski definition) is 2. The average molecular weight is 507 g/mol. The van der Waals surface area contributed by atoms with Crippen LogP contribution in [0.15, 0.2) is 32.0 Å². The predicted molar refractivity (Wildman–Crippen MR) is 95.9 cm³/mol. The van der Waals surface area contributed by atoms with Crippen molar-refractivity contribution in [2.75, 3.05) is 24.7 Å². The Bertz CT molecular complexity index is 812. The van der Waals surface area contributed by atoms with E-state index in [1.807, 2.05) is 0 Å². The molecular formula is C13H17Br2NO6S2. The van der Waals surface area contributed by atoms with Crippen LogP contribution >= 0.6 is 31.9 Å². The first-order valence-corrected chi connectivity index (χ1v) is 11.9. The standard InChI is InChI=1S/C13H17Br2NO6S2/c14-9-1-2-12(15)13(5-9)24(21,22)16(6-11(18)7-17)10-3-4-23(19,20)8-10/h1-2,5,10-11,17-18H,3-4,6-8H2/t10-,11+/m1/s1. The first kappa shape index (κ1) is 20.3. The first-order chi connectivity index (χ1) is 11.1. The molecule has 1 aromatic rings. The summed E-state index contributed by atoms with van der Waals surface area (Å²) in [5.41, 5.74) is 0. The van der Waals surface area contributed by atoms with Crippen LogP contribution in [0.4, 0.5) is 0 Å². The van der Waals surface area contributed by atoms with Crippen molar-refractivity contribution in [1.29, 1.82) is 0 Å². The van der Waals surface area contributed by atoms with Gasteiger partial charge in [0, 0.05) is 21.5 Å². The van der Waals surface area contributed by atoms with Gasteiger partial charge in [-0.25, -0.2) is 16.8 Å². The summed E-state index contributed by atoms with van der Waals surface area (Å²) >= 11 is 6.41. The molecule has 0 saturated carbocycles. The molecule has 1 aliphatic rings. The smallest absolute Gasteiger partial charge is 0.244 e. The lowest BCUT2D eigenvalue weighted by Crippen LogP contribution is -2.46. The number of aliphatic hydroxyl groups excluding tert-OH is 2. The third kappa shape index (κ3) is 4.57. The van der Waals surface area contributed by atoms with E-state index < -0.39 is 38.6 Å². The SMILES string of the molecule is O=S1(=O)CC[C@@H](N(C[C@H](O)CO)S(=O)(=O)c2cc(Br)ccc2Br)C1. The minimum Gasteiger partial charge on any atom is -0.394 e. The number of aliphatic hydroxyl groups is 2. The quantitative estimate of drug-likeness (QED) is 0.588. The van der Waals surface area contributed by atoms with Gasteiger partial charge in [0.15, 0.2) is 9.84 Å². The van der Waals surface area contributed by atoms with Gasteiger partial charge in [-0.3, -0.25) is 0 Å². The van der Waals surface area contributed by atoms with E-state index >= 15 is 0 Å².